The van der Waals surface area contributed by atoms with Gasteiger partial charge in [-0.1, -0.05) is 12.8 Å². The number of aromatic nitrogens is 3. The van der Waals surface area contributed by atoms with E-state index in [2.05, 4.69) is 15.2 Å². The third kappa shape index (κ3) is 2.40. The molecule has 2 rings (SSSR count). The lowest BCUT2D eigenvalue weighted by Crippen LogP contribution is -2.24. The second-order valence-corrected chi connectivity index (χ2v) is 4.79. The summed E-state index contributed by atoms with van der Waals surface area (Å²) in [6.45, 7) is 1.86. The number of carboxylic acids is 1. The molecule has 2 N–H and O–H groups in total. The van der Waals surface area contributed by atoms with Gasteiger partial charge in [0.15, 0.2) is 5.82 Å². The number of carboxylic acid groups (broad SMARTS) is 1. The number of aliphatic carboxylic acids is 1. The normalized spacial score (nSPS) is 18.8. The summed E-state index contributed by atoms with van der Waals surface area (Å²) in [5.41, 5.74) is -0.111. The minimum atomic E-state index is -0.714. The molecule has 1 aliphatic carbocycles. The zero-order valence-corrected chi connectivity index (χ0v) is 9.49. The van der Waals surface area contributed by atoms with Crippen LogP contribution in [-0.4, -0.2) is 26.3 Å². The largest absolute Gasteiger partial charge is 0.481 e. The lowest BCUT2D eigenvalue weighted by atomic mass is 9.79. The average Bonchev–Trinajstić information content (AvgIpc) is 2.76. The maximum absolute atomic E-state index is 10.9. The molecule has 0 unspecified atom stereocenters. The molecule has 0 bridgehead atoms. The Balaban J connectivity index is 2.10. The van der Waals surface area contributed by atoms with Crippen LogP contribution in [0.4, 0.5) is 0 Å². The lowest BCUT2D eigenvalue weighted by Gasteiger charge is -2.25. The molecule has 1 heterocycles. The van der Waals surface area contributed by atoms with E-state index < -0.39 is 5.97 Å². The maximum Gasteiger partial charge on any atom is 0.303 e. The van der Waals surface area contributed by atoms with Gasteiger partial charge in [-0.05, 0) is 25.2 Å². The molecule has 16 heavy (non-hydrogen) atoms. The summed E-state index contributed by atoms with van der Waals surface area (Å²) in [5, 5.41) is 15.9. The van der Waals surface area contributed by atoms with Gasteiger partial charge in [0.2, 0.25) is 0 Å². The van der Waals surface area contributed by atoms with Gasteiger partial charge in [0.25, 0.3) is 0 Å². The summed E-state index contributed by atoms with van der Waals surface area (Å²) in [6, 6.07) is 0. The van der Waals surface area contributed by atoms with Crippen LogP contribution in [0.3, 0.4) is 0 Å². The molecule has 0 aliphatic heterocycles. The predicted octanol–water partition coefficient (Wildman–Crippen LogP) is 1.69. The number of aryl methyl sites for hydroxylation is 1. The van der Waals surface area contributed by atoms with Crippen LogP contribution in [0.1, 0.15) is 43.8 Å². The summed E-state index contributed by atoms with van der Waals surface area (Å²) in [7, 11) is 0. The third-order valence-corrected chi connectivity index (χ3v) is 3.37. The minimum Gasteiger partial charge on any atom is -0.481 e. The van der Waals surface area contributed by atoms with Crippen molar-refractivity contribution in [3.8, 4) is 0 Å². The topological polar surface area (TPSA) is 78.9 Å². The average molecular weight is 223 g/mol. The highest BCUT2D eigenvalue weighted by Crippen LogP contribution is 2.43. The van der Waals surface area contributed by atoms with Crippen LogP contribution in [-0.2, 0) is 11.2 Å². The smallest absolute Gasteiger partial charge is 0.303 e. The molecule has 1 fully saturated rings. The molecule has 1 aromatic rings. The van der Waals surface area contributed by atoms with Crippen LogP contribution in [0.2, 0.25) is 0 Å². The Morgan fingerprint density at radius 3 is 2.69 bits per heavy atom. The third-order valence-electron chi connectivity index (χ3n) is 3.37. The molecule has 88 valence electrons. The SMILES string of the molecule is Cc1nc(CC2(CC(=O)O)CCCC2)n[nH]1. The molecule has 1 aromatic heterocycles. The molecule has 0 radical (unpaired) electrons. The number of hydrogen-bond acceptors (Lipinski definition) is 3. The van der Waals surface area contributed by atoms with E-state index in [9.17, 15) is 4.79 Å². The van der Waals surface area contributed by atoms with Crippen molar-refractivity contribution in [1.29, 1.82) is 0 Å². The number of hydrogen-bond donors (Lipinski definition) is 2. The van der Waals surface area contributed by atoms with Gasteiger partial charge in [-0.15, -0.1) is 0 Å². The molecule has 0 saturated heterocycles. The highest BCUT2D eigenvalue weighted by atomic mass is 16.4. The highest BCUT2D eigenvalue weighted by Gasteiger charge is 2.37. The first kappa shape index (κ1) is 11.1. The number of H-pyrrole nitrogens is 1. The van der Waals surface area contributed by atoms with Gasteiger partial charge < -0.3 is 5.11 Å². The number of carbonyl (C=O) groups is 1. The molecule has 0 atom stereocenters. The second kappa shape index (κ2) is 4.23. The van der Waals surface area contributed by atoms with E-state index >= 15 is 0 Å². The zero-order valence-electron chi connectivity index (χ0n) is 9.49. The lowest BCUT2D eigenvalue weighted by molar-refractivity contribution is -0.139. The van der Waals surface area contributed by atoms with Crippen molar-refractivity contribution in [3.05, 3.63) is 11.6 Å². The second-order valence-electron chi connectivity index (χ2n) is 4.79. The van der Waals surface area contributed by atoms with Crippen molar-refractivity contribution >= 4 is 5.97 Å². The van der Waals surface area contributed by atoms with E-state index in [0.717, 1.165) is 37.3 Å². The first-order valence-corrected chi connectivity index (χ1v) is 5.69. The summed E-state index contributed by atoms with van der Waals surface area (Å²) in [6.07, 6.45) is 5.12. The van der Waals surface area contributed by atoms with Gasteiger partial charge in [0.05, 0.1) is 6.42 Å². The summed E-state index contributed by atoms with van der Waals surface area (Å²) < 4.78 is 0. The quantitative estimate of drug-likeness (QED) is 0.814. The van der Waals surface area contributed by atoms with E-state index in [0.29, 0.717) is 6.42 Å². The van der Waals surface area contributed by atoms with Crippen molar-refractivity contribution in [1.82, 2.24) is 15.2 Å². The van der Waals surface area contributed by atoms with Crippen LogP contribution < -0.4 is 0 Å². The van der Waals surface area contributed by atoms with Crippen molar-refractivity contribution in [2.45, 2.75) is 45.4 Å². The fourth-order valence-electron chi connectivity index (χ4n) is 2.67. The summed E-state index contributed by atoms with van der Waals surface area (Å²) in [5.74, 6) is 0.827. The number of nitrogens with one attached hydrogen (secondary N) is 1. The molecule has 0 amide bonds. The van der Waals surface area contributed by atoms with Crippen molar-refractivity contribution < 1.29 is 9.90 Å². The van der Waals surface area contributed by atoms with Crippen LogP contribution in [0, 0.1) is 12.3 Å². The van der Waals surface area contributed by atoms with E-state index in [1.165, 1.54) is 0 Å². The zero-order chi connectivity index (χ0) is 11.6. The Morgan fingerprint density at radius 1 is 1.50 bits per heavy atom. The van der Waals surface area contributed by atoms with Gasteiger partial charge >= 0.3 is 5.97 Å². The van der Waals surface area contributed by atoms with E-state index in [-0.39, 0.29) is 11.8 Å². The number of rotatable bonds is 4. The van der Waals surface area contributed by atoms with Crippen LogP contribution >= 0.6 is 0 Å². The molecule has 1 saturated carbocycles. The fourth-order valence-corrected chi connectivity index (χ4v) is 2.67. The molecule has 0 aromatic carbocycles. The molecule has 5 nitrogen and oxygen atoms in total. The van der Waals surface area contributed by atoms with E-state index in [1.807, 2.05) is 6.92 Å². The molecule has 0 spiro atoms. The standard InChI is InChI=1S/C11H17N3O2/c1-8-12-9(14-13-8)6-11(7-10(15)16)4-2-3-5-11/h2-7H2,1H3,(H,15,16)(H,12,13,14). The maximum atomic E-state index is 10.9. The van der Waals surface area contributed by atoms with Crippen LogP contribution in [0.15, 0.2) is 0 Å². The highest BCUT2D eigenvalue weighted by molar-refractivity contribution is 5.67. The molecule has 5 heteroatoms. The van der Waals surface area contributed by atoms with Gasteiger partial charge in [0.1, 0.15) is 5.82 Å². The Morgan fingerprint density at radius 2 is 2.19 bits per heavy atom. The number of nitrogens with zero attached hydrogens (tertiary/aromatic N) is 2. The van der Waals surface area contributed by atoms with E-state index in [1.54, 1.807) is 0 Å². The first-order valence-electron chi connectivity index (χ1n) is 5.69. The van der Waals surface area contributed by atoms with Crippen LogP contribution in [0.25, 0.3) is 0 Å². The Kier molecular flexibility index (Phi) is 2.94. The Hall–Kier alpha value is -1.39. The first-order chi connectivity index (χ1) is 7.60. The van der Waals surface area contributed by atoms with Crippen LogP contribution in [0.5, 0.6) is 0 Å². The van der Waals surface area contributed by atoms with Gasteiger partial charge in [-0.2, -0.15) is 5.10 Å². The van der Waals surface area contributed by atoms with Gasteiger partial charge in [-0.3, -0.25) is 9.89 Å². The Bertz CT molecular complexity index is 380. The minimum absolute atomic E-state index is 0.111. The van der Waals surface area contributed by atoms with Gasteiger partial charge in [0, 0.05) is 6.42 Å². The molecule has 1 aliphatic rings. The van der Waals surface area contributed by atoms with Gasteiger partial charge in [-0.25, -0.2) is 4.98 Å². The predicted molar refractivity (Wildman–Crippen MR) is 58.0 cm³/mol. The summed E-state index contributed by atoms with van der Waals surface area (Å²) >= 11 is 0. The molecular formula is C11H17N3O2. The van der Waals surface area contributed by atoms with Crippen molar-refractivity contribution in [2.75, 3.05) is 0 Å². The fraction of sp³-hybridized carbons (Fsp3) is 0.727. The molecular weight excluding hydrogens is 206 g/mol. The Labute approximate surface area is 94.3 Å². The van der Waals surface area contributed by atoms with Crippen molar-refractivity contribution in [2.24, 2.45) is 5.41 Å². The monoisotopic (exact) mass is 223 g/mol. The van der Waals surface area contributed by atoms with Crippen molar-refractivity contribution in [3.63, 3.8) is 0 Å². The summed E-state index contributed by atoms with van der Waals surface area (Å²) in [4.78, 5) is 15.2. The number of aromatic amines is 1. The van der Waals surface area contributed by atoms with E-state index in [4.69, 9.17) is 5.11 Å².